The number of rotatable bonds is 6. The molecule has 0 aliphatic carbocycles. The average Bonchev–Trinajstić information content (AvgIpc) is 3.89. The van der Waals surface area contributed by atoms with E-state index in [9.17, 15) is 24.0 Å². The van der Waals surface area contributed by atoms with Gasteiger partial charge in [0, 0.05) is 59.6 Å². The van der Waals surface area contributed by atoms with Gasteiger partial charge in [-0.3, -0.25) is 14.5 Å². The Morgan fingerprint density at radius 2 is 1.05 bits per heavy atom. The van der Waals surface area contributed by atoms with Crippen molar-refractivity contribution < 1.29 is 57.1 Å². The molecule has 342 valence electrons. The first kappa shape index (κ1) is 46.4. The van der Waals surface area contributed by atoms with Crippen molar-refractivity contribution in [2.24, 2.45) is 0 Å². The van der Waals surface area contributed by atoms with Crippen LogP contribution in [-0.2, 0) is 36.8 Å². The molecule has 4 heterocycles. The number of carbonyl (C=O) groups excluding carboxylic acids is 5. The van der Waals surface area contributed by atoms with Crippen molar-refractivity contribution in [2.45, 2.75) is 143 Å². The maximum Gasteiger partial charge on any atom is 0.411 e. The molecule has 4 aliphatic heterocycles. The molecule has 2 fully saturated rings. The lowest BCUT2D eigenvalue weighted by Gasteiger charge is -2.34. The summed E-state index contributed by atoms with van der Waals surface area (Å²) in [6, 6.07) is 13.6. The second kappa shape index (κ2) is 18.1. The first-order valence-electron chi connectivity index (χ1n) is 21.9. The summed E-state index contributed by atoms with van der Waals surface area (Å²) in [6.45, 7) is 17.1. The van der Waals surface area contributed by atoms with Crippen molar-refractivity contribution in [1.29, 1.82) is 0 Å². The first-order chi connectivity index (χ1) is 30.1. The Morgan fingerprint density at radius 3 is 1.47 bits per heavy atom. The third-order valence-corrected chi connectivity index (χ3v) is 12.0. The standard InChI is InChI=1S/C27H33NO7.C22H24ClNO5/c1-16(29)32-23-19-13-14-27(5,6)34-21(19)17-10-7-8-11-18(17)22(23)33-24(30)20-12-9-15-28(20)25(31)35-26(2,3)4;1-13(25)27-20-16-10-11-22(2,3)29-18(16)14-7-4-5-8-15(14)19(20)28-21(26)17-9-6-12-24(17)23/h7-8,10-11,20H,9,12-15H2,1-6H3;4-5,7-8,17H,6,9-12H2,1-3H3. The SMILES string of the molecule is CC(=O)Oc1c2c(c3ccccc3c1OC(=O)C1CCCN1C(=O)OC(C)(C)C)OC(C)(C)CC2.CC(=O)Oc1c2c(c3ccccc3c1OC(=O)C1CCCN1Cl)OC(C)(C)CC2. The molecule has 4 aromatic rings. The van der Waals surface area contributed by atoms with E-state index in [2.05, 4.69) is 0 Å². The molecule has 14 nitrogen and oxygen atoms in total. The molecule has 4 aliphatic rings. The number of likely N-dealkylation sites (tertiary alicyclic amines) is 1. The van der Waals surface area contributed by atoms with Gasteiger partial charge in [0.05, 0.1) is 0 Å². The van der Waals surface area contributed by atoms with Gasteiger partial charge in [0.2, 0.25) is 0 Å². The molecule has 0 N–H and O–H groups in total. The molecule has 1 amide bonds. The molecule has 0 aromatic heterocycles. The number of hydrogen-bond donors (Lipinski definition) is 0. The Morgan fingerprint density at radius 1 is 0.625 bits per heavy atom. The van der Waals surface area contributed by atoms with Crippen molar-refractivity contribution in [2.75, 3.05) is 13.1 Å². The molecule has 64 heavy (non-hydrogen) atoms. The average molecular weight is 901 g/mol. The zero-order chi connectivity index (χ0) is 46.3. The van der Waals surface area contributed by atoms with E-state index in [1.54, 1.807) is 26.8 Å². The van der Waals surface area contributed by atoms with Crippen LogP contribution in [0.25, 0.3) is 21.5 Å². The first-order valence-corrected chi connectivity index (χ1v) is 22.2. The van der Waals surface area contributed by atoms with E-state index in [1.807, 2.05) is 70.2 Å². The number of carbonyl (C=O) groups is 5. The highest BCUT2D eigenvalue weighted by Crippen LogP contribution is 2.52. The van der Waals surface area contributed by atoms with Crippen LogP contribution in [-0.4, -0.2) is 81.3 Å². The Labute approximate surface area is 378 Å². The number of hydrogen-bond acceptors (Lipinski definition) is 13. The Kier molecular flexibility index (Phi) is 13.1. The van der Waals surface area contributed by atoms with Gasteiger partial charge in [0.15, 0.2) is 23.0 Å². The van der Waals surface area contributed by atoms with Crippen LogP contribution in [0.5, 0.6) is 34.5 Å². The summed E-state index contributed by atoms with van der Waals surface area (Å²) in [7, 11) is 0. The molecular formula is C49H57ClN2O12. The molecule has 4 aromatic carbocycles. The molecular weight excluding hydrogens is 844 g/mol. The molecule has 15 heteroatoms. The highest BCUT2D eigenvalue weighted by Gasteiger charge is 2.41. The summed E-state index contributed by atoms with van der Waals surface area (Å²) in [5.74, 6) is 0.115. The van der Waals surface area contributed by atoms with Gasteiger partial charge in [0.25, 0.3) is 0 Å². The van der Waals surface area contributed by atoms with E-state index in [4.69, 9.17) is 44.9 Å². The molecule has 0 saturated carbocycles. The van der Waals surface area contributed by atoms with Crippen LogP contribution in [0.4, 0.5) is 4.79 Å². The van der Waals surface area contributed by atoms with E-state index in [0.717, 1.165) is 29.2 Å². The van der Waals surface area contributed by atoms with Crippen LogP contribution in [0, 0.1) is 0 Å². The second-order valence-corrected chi connectivity index (χ2v) is 19.3. The minimum Gasteiger partial charge on any atom is -0.487 e. The fourth-order valence-electron chi connectivity index (χ4n) is 8.56. The van der Waals surface area contributed by atoms with Gasteiger partial charge < -0.3 is 33.2 Å². The van der Waals surface area contributed by atoms with E-state index < -0.39 is 47.7 Å². The zero-order valence-corrected chi connectivity index (χ0v) is 38.8. The second-order valence-electron chi connectivity index (χ2n) is 18.9. The van der Waals surface area contributed by atoms with Crippen LogP contribution in [0.15, 0.2) is 48.5 Å². The number of amides is 1. The Balaban J connectivity index is 0.000000195. The Bertz CT molecular complexity index is 2510. The quantitative estimate of drug-likeness (QED) is 0.103. The number of ether oxygens (including phenoxy) is 7. The molecule has 2 atom stereocenters. The van der Waals surface area contributed by atoms with Crippen LogP contribution < -0.4 is 28.4 Å². The van der Waals surface area contributed by atoms with Crippen LogP contribution in [0.2, 0.25) is 0 Å². The summed E-state index contributed by atoms with van der Waals surface area (Å²) in [5.41, 5.74) is 0.0227. The van der Waals surface area contributed by atoms with Crippen LogP contribution in [0.1, 0.15) is 112 Å². The highest BCUT2D eigenvalue weighted by atomic mass is 35.5. The van der Waals surface area contributed by atoms with Crippen molar-refractivity contribution in [3.05, 3.63) is 59.7 Å². The summed E-state index contributed by atoms with van der Waals surface area (Å²) in [5, 5.41) is 2.84. The third-order valence-electron chi connectivity index (χ3n) is 11.6. The maximum absolute atomic E-state index is 13.4. The predicted octanol–water partition coefficient (Wildman–Crippen LogP) is 9.57. The monoisotopic (exact) mass is 900 g/mol. The van der Waals surface area contributed by atoms with Crippen molar-refractivity contribution in [1.82, 2.24) is 9.32 Å². The summed E-state index contributed by atoms with van der Waals surface area (Å²) >= 11 is 6.16. The van der Waals surface area contributed by atoms with E-state index in [0.29, 0.717) is 79.4 Å². The van der Waals surface area contributed by atoms with Crippen molar-refractivity contribution in [3.8, 4) is 34.5 Å². The van der Waals surface area contributed by atoms with Gasteiger partial charge >= 0.3 is 30.0 Å². The van der Waals surface area contributed by atoms with Crippen LogP contribution >= 0.6 is 11.8 Å². The normalized spacial score (nSPS) is 19.8. The van der Waals surface area contributed by atoms with E-state index >= 15 is 0 Å². The van der Waals surface area contributed by atoms with Crippen LogP contribution in [0.3, 0.4) is 0 Å². The molecule has 2 unspecified atom stereocenters. The fraction of sp³-hybridized carbons (Fsp3) is 0.490. The van der Waals surface area contributed by atoms with Crippen molar-refractivity contribution >= 4 is 63.3 Å². The lowest BCUT2D eigenvalue weighted by Crippen LogP contribution is -2.44. The minimum absolute atomic E-state index is 0.166. The number of fused-ring (bicyclic) bond motifs is 6. The number of nitrogens with zero attached hydrogens (tertiary/aromatic N) is 2. The maximum atomic E-state index is 13.4. The smallest absolute Gasteiger partial charge is 0.411 e. The number of halogens is 1. The van der Waals surface area contributed by atoms with Crippen molar-refractivity contribution in [3.63, 3.8) is 0 Å². The predicted molar refractivity (Wildman–Crippen MR) is 239 cm³/mol. The lowest BCUT2D eigenvalue weighted by molar-refractivity contribution is -0.140. The van der Waals surface area contributed by atoms with Gasteiger partial charge in [0.1, 0.15) is 40.4 Å². The highest BCUT2D eigenvalue weighted by molar-refractivity contribution is 6.15. The minimum atomic E-state index is -0.792. The Hall–Kier alpha value is -5.60. The summed E-state index contributed by atoms with van der Waals surface area (Å²) in [6.07, 6.45) is 4.71. The molecule has 2 saturated heterocycles. The molecule has 8 rings (SSSR count). The van der Waals surface area contributed by atoms with Gasteiger partial charge in [-0.15, -0.1) is 0 Å². The van der Waals surface area contributed by atoms with Gasteiger partial charge in [-0.1, -0.05) is 48.5 Å². The lowest BCUT2D eigenvalue weighted by atomic mass is 9.91. The summed E-state index contributed by atoms with van der Waals surface area (Å²) < 4.78 is 42.5. The van der Waals surface area contributed by atoms with Gasteiger partial charge in [-0.25, -0.2) is 18.8 Å². The third kappa shape index (κ3) is 10.0. The largest absolute Gasteiger partial charge is 0.487 e. The zero-order valence-electron chi connectivity index (χ0n) is 38.0. The molecule has 0 spiro atoms. The summed E-state index contributed by atoms with van der Waals surface area (Å²) in [4.78, 5) is 64.3. The van der Waals surface area contributed by atoms with Gasteiger partial charge in [-0.2, -0.15) is 0 Å². The molecule has 0 radical (unpaired) electrons. The van der Waals surface area contributed by atoms with E-state index in [-0.39, 0.29) is 34.2 Å². The molecule has 0 bridgehead atoms. The topological polar surface area (TPSA) is 156 Å². The number of benzene rings is 4. The van der Waals surface area contributed by atoms with Gasteiger partial charge in [-0.05, 0) is 112 Å². The van der Waals surface area contributed by atoms with E-state index in [1.165, 1.54) is 23.2 Å². The fourth-order valence-corrected chi connectivity index (χ4v) is 8.86. The number of esters is 4.